The first-order valence-corrected chi connectivity index (χ1v) is 8.17. The molecule has 0 N–H and O–H groups in total. The van der Waals surface area contributed by atoms with Crippen molar-refractivity contribution in [3.63, 3.8) is 0 Å². The summed E-state index contributed by atoms with van der Waals surface area (Å²) in [5, 5.41) is 0. The molecular weight excluding hydrogens is 278 g/mol. The second-order valence-electron chi connectivity index (χ2n) is 6.55. The highest BCUT2D eigenvalue weighted by Gasteiger charge is 2.48. The molecular formula is C18H27NO3. The van der Waals surface area contributed by atoms with E-state index in [1.54, 1.807) is 14.2 Å². The molecule has 1 aliphatic carbocycles. The Morgan fingerprint density at radius 2 is 1.86 bits per heavy atom. The minimum absolute atomic E-state index is 0.462. The normalized spacial score (nSPS) is 24.0. The van der Waals surface area contributed by atoms with Gasteiger partial charge in [0.1, 0.15) is 0 Å². The zero-order valence-corrected chi connectivity index (χ0v) is 13.9. The fourth-order valence-electron chi connectivity index (χ4n) is 4.09. The van der Waals surface area contributed by atoms with Crippen molar-refractivity contribution in [1.82, 2.24) is 4.90 Å². The van der Waals surface area contributed by atoms with Gasteiger partial charge in [-0.05, 0) is 50.3 Å². The predicted molar refractivity (Wildman–Crippen MR) is 86.5 cm³/mol. The van der Waals surface area contributed by atoms with Crippen LogP contribution < -0.4 is 9.47 Å². The molecule has 3 rings (SSSR count). The van der Waals surface area contributed by atoms with Gasteiger partial charge < -0.3 is 14.2 Å². The number of nitrogens with zero attached hydrogens (tertiary/aromatic N) is 1. The van der Waals surface area contributed by atoms with Crippen LogP contribution in [0.3, 0.4) is 0 Å². The quantitative estimate of drug-likeness (QED) is 0.836. The number of hydrogen-bond donors (Lipinski definition) is 0. The smallest absolute Gasteiger partial charge is 0.165 e. The molecule has 1 saturated carbocycles. The Bertz CT molecular complexity index is 507. The highest BCUT2D eigenvalue weighted by atomic mass is 16.5. The van der Waals surface area contributed by atoms with Crippen LogP contribution in [-0.2, 0) is 11.3 Å². The second-order valence-corrected chi connectivity index (χ2v) is 6.55. The SMILES string of the molecule is COc1cccc(CN2CCC3(CCC3OC)CC2)c1OC. The molecule has 0 aromatic heterocycles. The number of ether oxygens (including phenoxy) is 3. The van der Waals surface area contributed by atoms with E-state index in [1.807, 2.05) is 19.2 Å². The number of para-hydroxylation sites is 1. The standard InChI is InChI=1S/C18H27NO3/c1-20-15-6-4-5-14(17(15)22-3)13-19-11-9-18(10-12-19)8-7-16(18)21-2/h4-6,16H,7-13H2,1-3H3. The van der Waals surface area contributed by atoms with E-state index in [4.69, 9.17) is 14.2 Å². The molecule has 2 aliphatic rings. The average molecular weight is 305 g/mol. The summed E-state index contributed by atoms with van der Waals surface area (Å²) >= 11 is 0. The van der Waals surface area contributed by atoms with Gasteiger partial charge in [-0.15, -0.1) is 0 Å². The predicted octanol–water partition coefficient (Wildman–Crippen LogP) is 3.09. The Morgan fingerprint density at radius 1 is 1.09 bits per heavy atom. The molecule has 4 nitrogen and oxygen atoms in total. The lowest BCUT2D eigenvalue weighted by Crippen LogP contribution is -2.52. The number of rotatable bonds is 5. The highest BCUT2D eigenvalue weighted by molar-refractivity contribution is 5.46. The van der Waals surface area contributed by atoms with E-state index in [9.17, 15) is 0 Å². The van der Waals surface area contributed by atoms with Crippen LogP contribution in [0, 0.1) is 5.41 Å². The van der Waals surface area contributed by atoms with Crippen molar-refractivity contribution >= 4 is 0 Å². The molecule has 0 bridgehead atoms. The van der Waals surface area contributed by atoms with Crippen LogP contribution in [0.2, 0.25) is 0 Å². The Kier molecular flexibility index (Phi) is 4.59. The first-order valence-electron chi connectivity index (χ1n) is 8.17. The zero-order chi connectivity index (χ0) is 15.6. The summed E-state index contributed by atoms with van der Waals surface area (Å²) in [6.45, 7) is 3.20. The van der Waals surface area contributed by atoms with E-state index in [1.165, 1.54) is 31.2 Å². The van der Waals surface area contributed by atoms with Crippen molar-refractivity contribution in [3.05, 3.63) is 23.8 Å². The third-order valence-electron chi connectivity index (χ3n) is 5.60. The monoisotopic (exact) mass is 305 g/mol. The van der Waals surface area contributed by atoms with Gasteiger partial charge in [0.15, 0.2) is 11.5 Å². The average Bonchev–Trinajstić information content (AvgIpc) is 2.54. The van der Waals surface area contributed by atoms with Crippen LogP contribution in [0.15, 0.2) is 18.2 Å². The maximum Gasteiger partial charge on any atom is 0.165 e. The van der Waals surface area contributed by atoms with Gasteiger partial charge in [0, 0.05) is 19.2 Å². The summed E-state index contributed by atoms with van der Waals surface area (Å²) in [6.07, 6.45) is 5.55. The van der Waals surface area contributed by atoms with Crippen molar-refractivity contribution in [2.75, 3.05) is 34.4 Å². The lowest BCUT2D eigenvalue weighted by atomic mass is 9.61. The van der Waals surface area contributed by atoms with E-state index in [-0.39, 0.29) is 0 Å². The minimum atomic E-state index is 0.462. The van der Waals surface area contributed by atoms with Crippen molar-refractivity contribution in [2.24, 2.45) is 5.41 Å². The van der Waals surface area contributed by atoms with Crippen molar-refractivity contribution < 1.29 is 14.2 Å². The largest absolute Gasteiger partial charge is 0.493 e. The maximum atomic E-state index is 5.64. The molecule has 2 fully saturated rings. The third-order valence-corrected chi connectivity index (χ3v) is 5.60. The molecule has 0 radical (unpaired) electrons. The van der Waals surface area contributed by atoms with Gasteiger partial charge in [0.25, 0.3) is 0 Å². The molecule has 122 valence electrons. The lowest BCUT2D eigenvalue weighted by molar-refractivity contribution is -0.120. The van der Waals surface area contributed by atoms with Gasteiger partial charge in [-0.1, -0.05) is 12.1 Å². The molecule has 1 saturated heterocycles. The summed E-state index contributed by atoms with van der Waals surface area (Å²) in [6, 6.07) is 6.12. The van der Waals surface area contributed by atoms with Gasteiger partial charge in [0.2, 0.25) is 0 Å². The number of likely N-dealkylation sites (tertiary alicyclic amines) is 1. The van der Waals surface area contributed by atoms with Gasteiger partial charge >= 0.3 is 0 Å². The van der Waals surface area contributed by atoms with Crippen LogP contribution in [0.1, 0.15) is 31.2 Å². The fourth-order valence-corrected chi connectivity index (χ4v) is 4.09. The Hall–Kier alpha value is -1.26. The van der Waals surface area contributed by atoms with Gasteiger partial charge in [-0.25, -0.2) is 0 Å². The van der Waals surface area contributed by atoms with E-state index in [0.717, 1.165) is 31.1 Å². The van der Waals surface area contributed by atoms with Crippen LogP contribution >= 0.6 is 0 Å². The van der Waals surface area contributed by atoms with E-state index < -0.39 is 0 Å². The Balaban J connectivity index is 1.64. The fraction of sp³-hybridized carbons (Fsp3) is 0.667. The summed E-state index contributed by atoms with van der Waals surface area (Å²) in [4.78, 5) is 2.52. The molecule has 4 heteroatoms. The van der Waals surface area contributed by atoms with Crippen molar-refractivity contribution in [2.45, 2.75) is 38.3 Å². The van der Waals surface area contributed by atoms with E-state index in [2.05, 4.69) is 11.0 Å². The highest BCUT2D eigenvalue weighted by Crippen LogP contribution is 2.50. The van der Waals surface area contributed by atoms with Crippen LogP contribution in [0.5, 0.6) is 11.5 Å². The Labute approximate surface area is 133 Å². The Morgan fingerprint density at radius 3 is 2.41 bits per heavy atom. The molecule has 1 aromatic rings. The van der Waals surface area contributed by atoms with Crippen molar-refractivity contribution in [1.29, 1.82) is 0 Å². The first-order chi connectivity index (χ1) is 10.7. The minimum Gasteiger partial charge on any atom is -0.493 e. The molecule has 1 atom stereocenters. The van der Waals surface area contributed by atoms with Crippen LogP contribution in [-0.4, -0.2) is 45.4 Å². The topological polar surface area (TPSA) is 30.9 Å². The van der Waals surface area contributed by atoms with Gasteiger partial charge in [0.05, 0.1) is 20.3 Å². The van der Waals surface area contributed by atoms with Crippen molar-refractivity contribution in [3.8, 4) is 11.5 Å². The van der Waals surface area contributed by atoms with Crippen LogP contribution in [0.25, 0.3) is 0 Å². The number of piperidine rings is 1. The molecule has 1 heterocycles. The molecule has 0 amide bonds. The third kappa shape index (κ3) is 2.70. The van der Waals surface area contributed by atoms with Gasteiger partial charge in [-0.2, -0.15) is 0 Å². The number of methoxy groups -OCH3 is 3. The second kappa shape index (κ2) is 6.47. The lowest BCUT2D eigenvalue weighted by Gasteiger charge is -2.53. The summed E-state index contributed by atoms with van der Waals surface area (Å²) in [5.74, 6) is 1.68. The van der Waals surface area contributed by atoms with E-state index in [0.29, 0.717) is 11.5 Å². The first kappa shape index (κ1) is 15.6. The molecule has 1 aliphatic heterocycles. The zero-order valence-electron chi connectivity index (χ0n) is 13.9. The molecule has 1 unspecified atom stereocenters. The summed E-state index contributed by atoms with van der Waals surface area (Å²) < 4.78 is 16.6. The summed E-state index contributed by atoms with van der Waals surface area (Å²) in [5.41, 5.74) is 1.67. The van der Waals surface area contributed by atoms with E-state index >= 15 is 0 Å². The maximum absolute atomic E-state index is 5.64. The summed E-state index contributed by atoms with van der Waals surface area (Å²) in [7, 11) is 5.26. The molecule has 22 heavy (non-hydrogen) atoms. The molecule has 1 spiro atoms. The number of hydrogen-bond acceptors (Lipinski definition) is 4. The number of benzene rings is 1. The van der Waals surface area contributed by atoms with Crippen LogP contribution in [0.4, 0.5) is 0 Å². The van der Waals surface area contributed by atoms with Gasteiger partial charge in [-0.3, -0.25) is 4.90 Å². The molecule has 1 aromatic carbocycles.